The molecule has 0 aliphatic rings. The first-order valence-corrected chi connectivity index (χ1v) is 7.78. The number of carbonyl (C=O) groups is 1. The van der Waals surface area contributed by atoms with Crippen LogP contribution in [0.25, 0.3) is 10.8 Å². The van der Waals surface area contributed by atoms with Crippen molar-refractivity contribution >= 4 is 28.2 Å². The van der Waals surface area contributed by atoms with Gasteiger partial charge in [0.25, 0.3) is 0 Å². The van der Waals surface area contributed by atoms with Crippen molar-refractivity contribution in [3.05, 3.63) is 47.0 Å². The Morgan fingerprint density at radius 1 is 1.10 bits per heavy atom. The van der Waals surface area contributed by atoms with Crippen molar-refractivity contribution in [3.63, 3.8) is 0 Å². The van der Waals surface area contributed by atoms with Gasteiger partial charge in [-0.3, -0.25) is 4.79 Å². The Morgan fingerprint density at radius 3 is 2.45 bits per heavy atom. The van der Waals surface area contributed by atoms with Gasteiger partial charge in [0, 0.05) is 21.9 Å². The van der Waals surface area contributed by atoms with Crippen molar-refractivity contribution in [3.8, 4) is 0 Å². The molecule has 0 amide bonds. The number of halogens is 1. The van der Waals surface area contributed by atoms with Gasteiger partial charge < -0.3 is 0 Å². The summed E-state index contributed by atoms with van der Waals surface area (Å²) < 4.78 is 0. The van der Waals surface area contributed by atoms with E-state index in [2.05, 4.69) is 13.8 Å². The lowest BCUT2D eigenvalue weighted by Gasteiger charge is -2.15. The average Bonchev–Trinajstić information content (AvgIpc) is 2.48. The Hall–Kier alpha value is -1.34. The molecule has 0 saturated carbocycles. The van der Waals surface area contributed by atoms with E-state index in [1.54, 1.807) is 0 Å². The molecule has 0 aliphatic heterocycles. The zero-order chi connectivity index (χ0) is 14.5. The fraction of sp³-hybridized carbons (Fsp3) is 0.389. The van der Waals surface area contributed by atoms with E-state index in [1.165, 1.54) is 0 Å². The van der Waals surface area contributed by atoms with Gasteiger partial charge in [-0.2, -0.15) is 0 Å². The van der Waals surface area contributed by atoms with E-state index in [0.717, 1.165) is 42.0 Å². The summed E-state index contributed by atoms with van der Waals surface area (Å²) >= 11 is 6.22. The number of fused-ring (bicyclic) bond motifs is 1. The maximum atomic E-state index is 12.8. The van der Waals surface area contributed by atoms with Crippen molar-refractivity contribution in [1.82, 2.24) is 0 Å². The van der Waals surface area contributed by atoms with Gasteiger partial charge in [-0.05, 0) is 30.4 Å². The highest BCUT2D eigenvalue weighted by atomic mass is 35.5. The zero-order valence-corrected chi connectivity index (χ0v) is 12.9. The molecule has 1 nitrogen and oxygen atoms in total. The molecule has 0 spiro atoms. The van der Waals surface area contributed by atoms with Gasteiger partial charge in [0.2, 0.25) is 0 Å². The SMILES string of the molecule is CCCCC(CC)C(=O)c1ccc(Cl)c2ccccc12. The van der Waals surface area contributed by atoms with Gasteiger partial charge in [-0.25, -0.2) is 0 Å². The van der Waals surface area contributed by atoms with E-state index < -0.39 is 0 Å². The predicted octanol–water partition coefficient (Wildman–Crippen LogP) is 5.89. The summed E-state index contributed by atoms with van der Waals surface area (Å²) in [4.78, 5) is 12.8. The maximum Gasteiger partial charge on any atom is 0.166 e. The first-order valence-electron chi connectivity index (χ1n) is 7.40. The van der Waals surface area contributed by atoms with Crippen LogP contribution in [-0.2, 0) is 0 Å². The predicted molar refractivity (Wildman–Crippen MR) is 86.6 cm³/mol. The second-order valence-corrected chi connectivity index (χ2v) is 5.66. The number of Topliss-reactive ketones (excluding diaryl/α,β-unsaturated/α-hetero) is 1. The highest BCUT2D eigenvalue weighted by Crippen LogP contribution is 2.29. The van der Waals surface area contributed by atoms with Crippen LogP contribution in [0.5, 0.6) is 0 Å². The summed E-state index contributed by atoms with van der Waals surface area (Å²) in [7, 11) is 0. The van der Waals surface area contributed by atoms with Crippen LogP contribution in [0, 0.1) is 5.92 Å². The molecule has 1 atom stereocenters. The van der Waals surface area contributed by atoms with Gasteiger partial charge in [-0.1, -0.05) is 62.6 Å². The fourth-order valence-corrected chi connectivity index (χ4v) is 2.90. The number of hydrogen-bond acceptors (Lipinski definition) is 1. The van der Waals surface area contributed by atoms with Crippen molar-refractivity contribution in [2.45, 2.75) is 39.5 Å². The second-order valence-electron chi connectivity index (χ2n) is 5.25. The Balaban J connectivity index is 2.41. The Bertz CT molecular complexity index is 603. The van der Waals surface area contributed by atoms with Crippen LogP contribution in [0.3, 0.4) is 0 Å². The standard InChI is InChI=1S/C18H21ClO/c1-3-5-8-13(4-2)18(20)16-11-12-17(19)15-10-7-6-9-14(15)16/h6-7,9-13H,3-5,8H2,1-2H3. The summed E-state index contributed by atoms with van der Waals surface area (Å²) in [5.74, 6) is 0.383. The molecule has 20 heavy (non-hydrogen) atoms. The molecule has 2 heteroatoms. The molecular weight excluding hydrogens is 268 g/mol. The number of benzene rings is 2. The highest BCUT2D eigenvalue weighted by molar-refractivity contribution is 6.36. The fourth-order valence-electron chi connectivity index (χ4n) is 2.67. The Labute approximate surface area is 125 Å². The zero-order valence-electron chi connectivity index (χ0n) is 12.2. The first-order chi connectivity index (χ1) is 9.69. The number of rotatable bonds is 6. The van der Waals surface area contributed by atoms with Crippen LogP contribution in [0.4, 0.5) is 0 Å². The number of unbranched alkanes of at least 4 members (excludes halogenated alkanes) is 1. The summed E-state index contributed by atoms with van der Waals surface area (Å²) in [5, 5.41) is 2.64. The molecule has 0 aromatic heterocycles. The number of ketones is 1. The minimum Gasteiger partial charge on any atom is -0.294 e. The molecule has 0 radical (unpaired) electrons. The van der Waals surface area contributed by atoms with Gasteiger partial charge >= 0.3 is 0 Å². The molecule has 1 unspecified atom stereocenters. The van der Waals surface area contributed by atoms with Crippen molar-refractivity contribution in [2.75, 3.05) is 0 Å². The summed E-state index contributed by atoms with van der Waals surface area (Å²) in [6, 6.07) is 11.6. The molecule has 0 saturated heterocycles. The first kappa shape index (κ1) is 15.1. The molecule has 2 aromatic carbocycles. The molecule has 2 rings (SSSR count). The molecule has 0 heterocycles. The van der Waals surface area contributed by atoms with Gasteiger partial charge in [-0.15, -0.1) is 0 Å². The van der Waals surface area contributed by atoms with Crippen LogP contribution in [0.15, 0.2) is 36.4 Å². The van der Waals surface area contributed by atoms with Crippen LogP contribution in [-0.4, -0.2) is 5.78 Å². The van der Waals surface area contributed by atoms with E-state index in [-0.39, 0.29) is 11.7 Å². The third kappa shape index (κ3) is 3.04. The topological polar surface area (TPSA) is 17.1 Å². The monoisotopic (exact) mass is 288 g/mol. The summed E-state index contributed by atoms with van der Waals surface area (Å²) in [6.45, 7) is 4.26. The third-order valence-corrected chi connectivity index (χ3v) is 4.24. The lowest BCUT2D eigenvalue weighted by Crippen LogP contribution is -2.14. The smallest absolute Gasteiger partial charge is 0.166 e. The van der Waals surface area contributed by atoms with Gasteiger partial charge in [0.15, 0.2) is 5.78 Å². The molecule has 2 aromatic rings. The molecular formula is C18H21ClO. The lowest BCUT2D eigenvalue weighted by molar-refractivity contribution is 0.0910. The Kier molecular flexibility index (Phi) is 5.19. The van der Waals surface area contributed by atoms with E-state index >= 15 is 0 Å². The van der Waals surface area contributed by atoms with Gasteiger partial charge in [0.05, 0.1) is 0 Å². The lowest BCUT2D eigenvalue weighted by atomic mass is 9.88. The normalized spacial score (nSPS) is 12.6. The minimum absolute atomic E-state index is 0.125. The van der Waals surface area contributed by atoms with E-state index in [9.17, 15) is 4.79 Å². The van der Waals surface area contributed by atoms with Crippen LogP contribution in [0.1, 0.15) is 49.9 Å². The molecule has 0 aliphatic carbocycles. The number of carbonyl (C=O) groups excluding carboxylic acids is 1. The van der Waals surface area contributed by atoms with Crippen molar-refractivity contribution in [2.24, 2.45) is 5.92 Å². The van der Waals surface area contributed by atoms with E-state index in [0.29, 0.717) is 5.02 Å². The molecule has 0 N–H and O–H groups in total. The van der Waals surface area contributed by atoms with Crippen molar-refractivity contribution < 1.29 is 4.79 Å². The van der Waals surface area contributed by atoms with Crippen LogP contribution >= 0.6 is 11.6 Å². The summed E-state index contributed by atoms with van der Waals surface area (Å²) in [5.41, 5.74) is 0.813. The third-order valence-electron chi connectivity index (χ3n) is 3.91. The number of hydrogen-bond donors (Lipinski definition) is 0. The van der Waals surface area contributed by atoms with E-state index in [1.807, 2.05) is 36.4 Å². The molecule has 0 fully saturated rings. The molecule has 106 valence electrons. The molecule has 0 bridgehead atoms. The van der Waals surface area contributed by atoms with Crippen LogP contribution in [0.2, 0.25) is 5.02 Å². The largest absolute Gasteiger partial charge is 0.294 e. The van der Waals surface area contributed by atoms with Crippen molar-refractivity contribution in [1.29, 1.82) is 0 Å². The Morgan fingerprint density at radius 2 is 1.80 bits per heavy atom. The summed E-state index contributed by atoms with van der Waals surface area (Å²) in [6.07, 6.45) is 4.11. The second kappa shape index (κ2) is 6.90. The highest BCUT2D eigenvalue weighted by Gasteiger charge is 2.20. The van der Waals surface area contributed by atoms with E-state index in [4.69, 9.17) is 11.6 Å². The quantitative estimate of drug-likeness (QED) is 0.605. The van der Waals surface area contributed by atoms with Gasteiger partial charge in [0.1, 0.15) is 0 Å². The maximum absolute atomic E-state index is 12.8. The van der Waals surface area contributed by atoms with Crippen LogP contribution < -0.4 is 0 Å². The minimum atomic E-state index is 0.125. The average molecular weight is 289 g/mol.